The molecular weight excluding hydrogens is 242 g/mol. The van der Waals surface area contributed by atoms with Gasteiger partial charge in [-0.3, -0.25) is 0 Å². The molecule has 2 heterocycles. The highest BCUT2D eigenvalue weighted by Gasteiger charge is 2.16. The predicted octanol–water partition coefficient (Wildman–Crippen LogP) is 3.55. The molecule has 1 aromatic rings. The Bertz CT molecular complexity index is 356. The van der Waals surface area contributed by atoms with Gasteiger partial charge in [0, 0.05) is 19.3 Å². The topological polar surface area (TPSA) is 29.9 Å². The first-order valence-electron chi connectivity index (χ1n) is 7.15. The minimum absolute atomic E-state index is 0.839. The minimum atomic E-state index is 0.839. The van der Waals surface area contributed by atoms with Crippen LogP contribution in [0.15, 0.2) is 6.20 Å². The largest absolute Gasteiger partial charge is 0.356 e. The van der Waals surface area contributed by atoms with Crippen LogP contribution in [0.1, 0.15) is 38.3 Å². The maximum absolute atomic E-state index is 4.59. The van der Waals surface area contributed by atoms with E-state index in [1.165, 1.54) is 37.2 Å². The molecule has 0 aromatic carbocycles. The molecule has 3 nitrogen and oxygen atoms in total. The Morgan fingerprint density at radius 2 is 2.22 bits per heavy atom. The lowest BCUT2D eigenvalue weighted by Gasteiger charge is -2.22. The SMILES string of the molecule is CCCCNc1nc(C)cn1CC1CCSCC1. The molecule has 2 rings (SSSR count). The summed E-state index contributed by atoms with van der Waals surface area (Å²) in [6.45, 7) is 6.47. The van der Waals surface area contributed by atoms with Crippen LogP contribution in [0.3, 0.4) is 0 Å². The molecule has 1 fully saturated rings. The van der Waals surface area contributed by atoms with Crippen LogP contribution in [0, 0.1) is 12.8 Å². The van der Waals surface area contributed by atoms with Crippen molar-refractivity contribution in [1.82, 2.24) is 9.55 Å². The Balaban J connectivity index is 1.93. The Morgan fingerprint density at radius 1 is 1.44 bits per heavy atom. The molecule has 1 aromatic heterocycles. The molecule has 0 spiro atoms. The molecule has 1 aliphatic rings. The number of anilines is 1. The van der Waals surface area contributed by atoms with Crippen molar-refractivity contribution >= 4 is 17.7 Å². The standard InChI is InChI=1S/C14H25N3S/c1-3-4-7-15-14-16-12(2)10-17(14)11-13-5-8-18-9-6-13/h10,13H,3-9,11H2,1-2H3,(H,15,16). The van der Waals surface area contributed by atoms with Gasteiger partial charge in [-0.05, 0) is 43.6 Å². The van der Waals surface area contributed by atoms with Gasteiger partial charge < -0.3 is 9.88 Å². The number of nitrogens with one attached hydrogen (secondary N) is 1. The number of aromatic nitrogens is 2. The van der Waals surface area contributed by atoms with E-state index in [1.54, 1.807) is 0 Å². The third kappa shape index (κ3) is 3.94. The minimum Gasteiger partial charge on any atom is -0.356 e. The summed E-state index contributed by atoms with van der Waals surface area (Å²) in [6, 6.07) is 0. The zero-order valence-electron chi connectivity index (χ0n) is 11.6. The summed E-state index contributed by atoms with van der Waals surface area (Å²) in [4.78, 5) is 4.59. The first-order chi connectivity index (χ1) is 8.79. The summed E-state index contributed by atoms with van der Waals surface area (Å²) in [5, 5.41) is 3.47. The molecule has 4 heteroatoms. The van der Waals surface area contributed by atoms with Crippen molar-refractivity contribution in [2.75, 3.05) is 23.4 Å². The summed E-state index contributed by atoms with van der Waals surface area (Å²) in [5.41, 5.74) is 1.12. The van der Waals surface area contributed by atoms with Crippen molar-refractivity contribution < 1.29 is 0 Å². The fourth-order valence-corrected chi connectivity index (χ4v) is 3.62. The number of imidazole rings is 1. The number of rotatable bonds is 6. The van der Waals surface area contributed by atoms with Crippen LogP contribution in [0.4, 0.5) is 5.95 Å². The second kappa shape index (κ2) is 7.07. The average Bonchev–Trinajstić information content (AvgIpc) is 2.71. The van der Waals surface area contributed by atoms with E-state index in [4.69, 9.17) is 0 Å². The lowest BCUT2D eigenvalue weighted by atomic mass is 10.0. The number of thioether (sulfide) groups is 1. The second-order valence-corrected chi connectivity index (χ2v) is 6.42. The number of aryl methyl sites for hydroxylation is 1. The van der Waals surface area contributed by atoms with Crippen molar-refractivity contribution in [1.29, 1.82) is 0 Å². The van der Waals surface area contributed by atoms with Gasteiger partial charge in [-0.1, -0.05) is 13.3 Å². The fourth-order valence-electron chi connectivity index (χ4n) is 2.41. The van der Waals surface area contributed by atoms with Gasteiger partial charge in [0.25, 0.3) is 0 Å². The fraction of sp³-hybridized carbons (Fsp3) is 0.786. The Hall–Kier alpha value is -0.640. The van der Waals surface area contributed by atoms with E-state index in [1.807, 2.05) is 0 Å². The first kappa shape index (κ1) is 13.8. The summed E-state index contributed by atoms with van der Waals surface area (Å²) >= 11 is 2.09. The monoisotopic (exact) mass is 267 g/mol. The number of unbranched alkanes of at least 4 members (excludes halogenated alkanes) is 1. The van der Waals surface area contributed by atoms with Crippen molar-refractivity contribution in [3.05, 3.63) is 11.9 Å². The van der Waals surface area contributed by atoms with E-state index in [0.29, 0.717) is 0 Å². The maximum Gasteiger partial charge on any atom is 0.203 e. The van der Waals surface area contributed by atoms with Crippen LogP contribution < -0.4 is 5.32 Å². The molecule has 0 amide bonds. The Kier molecular flexibility index (Phi) is 5.42. The third-order valence-corrected chi connectivity index (χ3v) is 4.55. The van der Waals surface area contributed by atoms with Gasteiger partial charge in [0.1, 0.15) is 0 Å². The van der Waals surface area contributed by atoms with E-state index in [2.05, 4.69) is 46.7 Å². The van der Waals surface area contributed by atoms with Crippen LogP contribution in [0.5, 0.6) is 0 Å². The van der Waals surface area contributed by atoms with E-state index < -0.39 is 0 Å². The Morgan fingerprint density at radius 3 is 2.94 bits per heavy atom. The van der Waals surface area contributed by atoms with Gasteiger partial charge in [0.05, 0.1) is 5.69 Å². The predicted molar refractivity (Wildman–Crippen MR) is 80.4 cm³/mol. The molecule has 0 bridgehead atoms. The highest BCUT2D eigenvalue weighted by Crippen LogP contribution is 2.25. The normalized spacial score (nSPS) is 17.0. The van der Waals surface area contributed by atoms with Crippen LogP contribution in [0.25, 0.3) is 0 Å². The van der Waals surface area contributed by atoms with Crippen LogP contribution in [-0.2, 0) is 6.54 Å². The highest BCUT2D eigenvalue weighted by atomic mass is 32.2. The zero-order valence-corrected chi connectivity index (χ0v) is 12.4. The summed E-state index contributed by atoms with van der Waals surface area (Å²) in [7, 11) is 0. The second-order valence-electron chi connectivity index (χ2n) is 5.19. The quantitative estimate of drug-likeness (QED) is 0.799. The molecule has 0 saturated carbocycles. The van der Waals surface area contributed by atoms with Crippen molar-refractivity contribution in [3.8, 4) is 0 Å². The molecular formula is C14H25N3S. The van der Waals surface area contributed by atoms with Gasteiger partial charge >= 0.3 is 0 Å². The highest BCUT2D eigenvalue weighted by molar-refractivity contribution is 7.99. The average molecular weight is 267 g/mol. The molecule has 0 atom stereocenters. The van der Waals surface area contributed by atoms with Gasteiger partial charge in [0.15, 0.2) is 0 Å². The lowest BCUT2D eigenvalue weighted by molar-refractivity contribution is 0.419. The number of hydrogen-bond donors (Lipinski definition) is 1. The zero-order chi connectivity index (χ0) is 12.8. The van der Waals surface area contributed by atoms with E-state index >= 15 is 0 Å². The smallest absolute Gasteiger partial charge is 0.203 e. The molecule has 1 aliphatic heterocycles. The number of hydrogen-bond acceptors (Lipinski definition) is 3. The van der Waals surface area contributed by atoms with Gasteiger partial charge in [0.2, 0.25) is 5.95 Å². The van der Waals surface area contributed by atoms with Crippen LogP contribution in [-0.4, -0.2) is 27.6 Å². The van der Waals surface area contributed by atoms with E-state index in [0.717, 1.165) is 30.6 Å². The molecule has 1 saturated heterocycles. The molecule has 18 heavy (non-hydrogen) atoms. The maximum atomic E-state index is 4.59. The number of nitrogens with zero attached hydrogens (tertiary/aromatic N) is 2. The third-order valence-electron chi connectivity index (χ3n) is 3.51. The van der Waals surface area contributed by atoms with Crippen molar-refractivity contribution in [3.63, 3.8) is 0 Å². The summed E-state index contributed by atoms with van der Waals surface area (Å²) in [6.07, 6.45) is 7.35. The Labute approximate surface area is 115 Å². The molecule has 0 radical (unpaired) electrons. The van der Waals surface area contributed by atoms with Crippen LogP contribution >= 0.6 is 11.8 Å². The van der Waals surface area contributed by atoms with Crippen molar-refractivity contribution in [2.24, 2.45) is 5.92 Å². The van der Waals surface area contributed by atoms with E-state index in [-0.39, 0.29) is 0 Å². The molecule has 102 valence electrons. The molecule has 0 unspecified atom stereocenters. The summed E-state index contributed by atoms with van der Waals surface area (Å²) < 4.78 is 2.33. The van der Waals surface area contributed by atoms with Crippen LogP contribution in [0.2, 0.25) is 0 Å². The lowest BCUT2D eigenvalue weighted by Crippen LogP contribution is -2.18. The summed E-state index contributed by atoms with van der Waals surface area (Å²) in [5.74, 6) is 4.57. The van der Waals surface area contributed by atoms with E-state index in [9.17, 15) is 0 Å². The first-order valence-corrected chi connectivity index (χ1v) is 8.30. The van der Waals surface area contributed by atoms with Gasteiger partial charge in [-0.15, -0.1) is 0 Å². The molecule has 0 aliphatic carbocycles. The molecule has 1 N–H and O–H groups in total. The van der Waals surface area contributed by atoms with Gasteiger partial charge in [-0.25, -0.2) is 4.98 Å². The van der Waals surface area contributed by atoms with Gasteiger partial charge in [-0.2, -0.15) is 11.8 Å². The van der Waals surface area contributed by atoms with Crippen molar-refractivity contribution in [2.45, 2.75) is 46.1 Å².